The molecule has 28 heavy (non-hydrogen) atoms. The number of carbonyl (C=O) groups excluding carboxylic acids is 1. The summed E-state index contributed by atoms with van der Waals surface area (Å²) in [6, 6.07) is 13.3. The van der Waals surface area contributed by atoms with E-state index >= 15 is 0 Å². The van der Waals surface area contributed by atoms with Crippen LogP contribution in [0.5, 0.6) is 5.75 Å². The van der Waals surface area contributed by atoms with Gasteiger partial charge in [-0.25, -0.2) is 4.98 Å². The lowest BCUT2D eigenvalue weighted by Crippen LogP contribution is -2.48. The first-order chi connectivity index (χ1) is 13.4. The van der Waals surface area contributed by atoms with E-state index < -0.39 is 6.36 Å². The molecule has 0 radical (unpaired) electrons. The first-order valence-corrected chi connectivity index (χ1v) is 9.46. The van der Waals surface area contributed by atoms with Crippen molar-refractivity contribution in [2.24, 2.45) is 0 Å². The third-order valence-corrected chi connectivity index (χ3v) is 5.52. The van der Waals surface area contributed by atoms with E-state index in [-0.39, 0.29) is 11.7 Å². The maximum Gasteiger partial charge on any atom is 0.573 e. The zero-order chi connectivity index (χ0) is 19.7. The van der Waals surface area contributed by atoms with Gasteiger partial charge in [0, 0.05) is 37.8 Å². The molecule has 0 saturated carbocycles. The van der Waals surface area contributed by atoms with Gasteiger partial charge in [-0.3, -0.25) is 4.79 Å². The van der Waals surface area contributed by atoms with Crippen LogP contribution in [0.25, 0.3) is 10.2 Å². The van der Waals surface area contributed by atoms with Crippen LogP contribution < -0.4 is 9.64 Å². The number of halogens is 3. The maximum absolute atomic E-state index is 12.5. The number of piperazine rings is 1. The van der Waals surface area contributed by atoms with Gasteiger partial charge in [0.1, 0.15) is 5.75 Å². The van der Waals surface area contributed by atoms with Crippen molar-refractivity contribution in [3.63, 3.8) is 0 Å². The van der Waals surface area contributed by atoms with Crippen LogP contribution in [0.2, 0.25) is 0 Å². The molecule has 3 aromatic rings. The number of benzene rings is 2. The predicted molar refractivity (Wildman–Crippen MR) is 101 cm³/mol. The molecule has 0 bridgehead atoms. The molecule has 0 aliphatic carbocycles. The number of thiazole rings is 1. The Labute approximate surface area is 163 Å². The monoisotopic (exact) mass is 407 g/mol. The molecule has 5 nitrogen and oxygen atoms in total. The highest BCUT2D eigenvalue weighted by Crippen LogP contribution is 2.33. The molecule has 2 aromatic carbocycles. The second kappa shape index (κ2) is 7.31. The average Bonchev–Trinajstić information content (AvgIpc) is 3.10. The van der Waals surface area contributed by atoms with Crippen LogP contribution >= 0.6 is 11.3 Å². The molecular formula is C19H16F3N3O2S. The number of amides is 1. The number of ether oxygens (including phenoxy) is 1. The van der Waals surface area contributed by atoms with E-state index in [4.69, 9.17) is 0 Å². The second-order valence-corrected chi connectivity index (χ2v) is 7.33. The molecule has 1 fully saturated rings. The smallest absolute Gasteiger partial charge is 0.406 e. The van der Waals surface area contributed by atoms with Gasteiger partial charge in [0.05, 0.1) is 10.2 Å². The minimum absolute atomic E-state index is 0.00140. The normalized spacial score (nSPS) is 15.1. The molecule has 1 aliphatic heterocycles. The number of nitrogens with zero attached hydrogens (tertiary/aromatic N) is 3. The van der Waals surface area contributed by atoms with Gasteiger partial charge in [-0.1, -0.05) is 29.5 Å². The van der Waals surface area contributed by atoms with Crippen molar-refractivity contribution in [1.82, 2.24) is 9.88 Å². The highest BCUT2D eigenvalue weighted by Gasteiger charge is 2.31. The summed E-state index contributed by atoms with van der Waals surface area (Å²) in [6.45, 7) is 2.35. The molecule has 9 heteroatoms. The lowest BCUT2D eigenvalue weighted by atomic mass is 10.2. The Morgan fingerprint density at radius 1 is 1.04 bits per heavy atom. The molecule has 1 aliphatic rings. The standard InChI is InChI=1S/C19H16F3N3O2S/c20-19(21,22)27-14-6-7-15-16(12-14)28-18(23-15)25-10-8-24(9-11-25)17(26)13-4-2-1-3-5-13/h1-7,12H,8-11H2. The Morgan fingerprint density at radius 3 is 2.43 bits per heavy atom. The van der Waals surface area contributed by atoms with Crippen LogP contribution in [0.4, 0.5) is 18.3 Å². The van der Waals surface area contributed by atoms with Crippen LogP contribution in [0.3, 0.4) is 0 Å². The first-order valence-electron chi connectivity index (χ1n) is 8.65. The van der Waals surface area contributed by atoms with Gasteiger partial charge < -0.3 is 14.5 Å². The van der Waals surface area contributed by atoms with Gasteiger partial charge in [-0.2, -0.15) is 0 Å². The molecular weight excluding hydrogens is 391 g/mol. The van der Waals surface area contributed by atoms with Gasteiger partial charge in [-0.05, 0) is 24.3 Å². The Hall–Kier alpha value is -2.81. The number of fused-ring (bicyclic) bond motifs is 1. The summed E-state index contributed by atoms with van der Waals surface area (Å²) < 4.78 is 41.8. The van der Waals surface area contributed by atoms with Gasteiger partial charge in [0.15, 0.2) is 5.13 Å². The molecule has 0 spiro atoms. The lowest BCUT2D eigenvalue weighted by Gasteiger charge is -2.34. The quantitative estimate of drug-likeness (QED) is 0.654. The molecule has 1 saturated heterocycles. The molecule has 0 atom stereocenters. The molecule has 4 rings (SSSR count). The summed E-state index contributed by atoms with van der Waals surface area (Å²) in [6.07, 6.45) is -4.72. The summed E-state index contributed by atoms with van der Waals surface area (Å²) in [5.74, 6) is -0.257. The van der Waals surface area contributed by atoms with E-state index in [0.717, 1.165) is 5.13 Å². The van der Waals surface area contributed by atoms with E-state index in [1.807, 2.05) is 23.1 Å². The number of hydrogen-bond acceptors (Lipinski definition) is 5. The lowest BCUT2D eigenvalue weighted by molar-refractivity contribution is -0.274. The minimum Gasteiger partial charge on any atom is -0.406 e. The number of anilines is 1. The molecule has 0 unspecified atom stereocenters. The largest absolute Gasteiger partial charge is 0.573 e. The molecule has 0 N–H and O–H groups in total. The van der Waals surface area contributed by atoms with Crippen LogP contribution in [0.15, 0.2) is 48.5 Å². The number of rotatable bonds is 3. The Balaban J connectivity index is 1.44. The number of alkyl halides is 3. The number of hydrogen-bond donors (Lipinski definition) is 0. The second-order valence-electron chi connectivity index (χ2n) is 6.32. The minimum atomic E-state index is -4.72. The highest BCUT2D eigenvalue weighted by atomic mass is 32.1. The maximum atomic E-state index is 12.5. The summed E-state index contributed by atoms with van der Waals surface area (Å²) in [5.41, 5.74) is 1.28. The average molecular weight is 407 g/mol. The van der Waals surface area contributed by atoms with Crippen LogP contribution in [-0.4, -0.2) is 48.3 Å². The van der Waals surface area contributed by atoms with Gasteiger partial charge in [0.2, 0.25) is 0 Å². The van der Waals surface area contributed by atoms with Gasteiger partial charge >= 0.3 is 6.36 Å². The number of carbonyl (C=O) groups is 1. The van der Waals surface area contributed by atoms with Crippen LogP contribution in [0.1, 0.15) is 10.4 Å². The van der Waals surface area contributed by atoms with Crippen molar-refractivity contribution in [2.45, 2.75) is 6.36 Å². The van der Waals surface area contributed by atoms with Crippen molar-refractivity contribution >= 4 is 32.6 Å². The van der Waals surface area contributed by atoms with Crippen molar-refractivity contribution in [3.05, 3.63) is 54.1 Å². The predicted octanol–water partition coefficient (Wildman–Crippen LogP) is 4.16. The SMILES string of the molecule is O=C(c1ccccc1)N1CCN(c2nc3ccc(OC(F)(F)F)cc3s2)CC1. The molecule has 1 aromatic heterocycles. The zero-order valence-corrected chi connectivity index (χ0v) is 15.5. The summed E-state index contributed by atoms with van der Waals surface area (Å²) >= 11 is 1.31. The fourth-order valence-electron chi connectivity index (χ4n) is 3.09. The molecule has 2 heterocycles. The van der Waals surface area contributed by atoms with Crippen molar-refractivity contribution in [2.75, 3.05) is 31.1 Å². The van der Waals surface area contributed by atoms with E-state index in [0.29, 0.717) is 42.0 Å². The van der Waals surface area contributed by atoms with Crippen molar-refractivity contribution in [1.29, 1.82) is 0 Å². The third-order valence-electron chi connectivity index (χ3n) is 4.44. The van der Waals surface area contributed by atoms with Crippen molar-refractivity contribution < 1.29 is 22.7 Å². The van der Waals surface area contributed by atoms with E-state index in [1.54, 1.807) is 17.0 Å². The van der Waals surface area contributed by atoms with Crippen LogP contribution in [0, 0.1) is 0 Å². The fraction of sp³-hybridized carbons (Fsp3) is 0.263. The van der Waals surface area contributed by atoms with E-state index in [9.17, 15) is 18.0 Å². The fourth-order valence-corrected chi connectivity index (χ4v) is 4.13. The van der Waals surface area contributed by atoms with E-state index in [2.05, 4.69) is 9.72 Å². The molecule has 1 amide bonds. The van der Waals surface area contributed by atoms with Crippen LogP contribution in [-0.2, 0) is 0 Å². The zero-order valence-electron chi connectivity index (χ0n) is 14.6. The Morgan fingerprint density at radius 2 is 1.75 bits per heavy atom. The van der Waals surface area contributed by atoms with Crippen molar-refractivity contribution in [3.8, 4) is 5.75 Å². The van der Waals surface area contributed by atoms with Gasteiger partial charge in [-0.15, -0.1) is 13.2 Å². The van der Waals surface area contributed by atoms with E-state index in [1.165, 1.54) is 29.5 Å². The number of aromatic nitrogens is 1. The summed E-state index contributed by atoms with van der Waals surface area (Å²) in [5, 5.41) is 0.728. The summed E-state index contributed by atoms with van der Waals surface area (Å²) in [7, 11) is 0. The Bertz CT molecular complexity index is 983. The summed E-state index contributed by atoms with van der Waals surface area (Å²) in [4.78, 5) is 20.9. The van der Waals surface area contributed by atoms with Gasteiger partial charge in [0.25, 0.3) is 5.91 Å². The first kappa shape index (κ1) is 18.5. The molecule has 146 valence electrons. The highest BCUT2D eigenvalue weighted by molar-refractivity contribution is 7.22. The topological polar surface area (TPSA) is 45.7 Å². The third kappa shape index (κ3) is 4.04. The Kier molecular flexibility index (Phi) is 4.84.